The molecule has 0 aliphatic carbocycles. The third-order valence-electron chi connectivity index (χ3n) is 3.90. The van der Waals surface area contributed by atoms with Crippen LogP contribution in [0.15, 0.2) is 17.1 Å². The summed E-state index contributed by atoms with van der Waals surface area (Å²) >= 11 is 0. The van der Waals surface area contributed by atoms with E-state index in [-0.39, 0.29) is 17.4 Å². The van der Waals surface area contributed by atoms with Gasteiger partial charge in [-0.25, -0.2) is 4.99 Å². The number of aryl methyl sites for hydroxylation is 1. The van der Waals surface area contributed by atoms with Crippen LogP contribution in [-0.4, -0.2) is 23.7 Å². The lowest BCUT2D eigenvalue weighted by atomic mass is 9.88. The second-order valence-corrected chi connectivity index (χ2v) is 6.98. The van der Waals surface area contributed by atoms with Crippen molar-refractivity contribution in [2.75, 3.05) is 6.61 Å². The lowest BCUT2D eigenvalue weighted by Gasteiger charge is -2.21. The summed E-state index contributed by atoms with van der Waals surface area (Å²) in [6, 6.07) is 4.15. The summed E-state index contributed by atoms with van der Waals surface area (Å²) < 4.78 is 5.76. The van der Waals surface area contributed by atoms with Crippen molar-refractivity contribution in [1.29, 1.82) is 0 Å². The molecule has 1 aromatic carbocycles. The van der Waals surface area contributed by atoms with Crippen LogP contribution < -0.4 is 0 Å². The van der Waals surface area contributed by atoms with Crippen molar-refractivity contribution in [3.8, 4) is 5.75 Å². The third kappa shape index (κ3) is 2.67. The summed E-state index contributed by atoms with van der Waals surface area (Å²) in [5.74, 6) is 1.17. The molecule has 0 saturated carbocycles. The van der Waals surface area contributed by atoms with Crippen LogP contribution in [0.25, 0.3) is 0 Å². The van der Waals surface area contributed by atoms with Crippen LogP contribution in [-0.2, 0) is 4.74 Å². The molecule has 0 radical (unpaired) electrons. The number of hydrogen-bond acceptors (Lipinski definition) is 3. The number of hydrogen-bond donors (Lipinski definition) is 1. The van der Waals surface area contributed by atoms with E-state index in [1.807, 2.05) is 19.1 Å². The van der Waals surface area contributed by atoms with Gasteiger partial charge in [-0.05, 0) is 29.4 Å². The lowest BCUT2D eigenvalue weighted by Crippen LogP contribution is -2.25. The molecular weight excluding hydrogens is 250 g/mol. The lowest BCUT2D eigenvalue weighted by molar-refractivity contribution is 0.235. The second-order valence-electron chi connectivity index (χ2n) is 6.98. The van der Waals surface area contributed by atoms with Crippen molar-refractivity contribution in [3.63, 3.8) is 0 Å². The first kappa shape index (κ1) is 14.9. The zero-order chi connectivity index (χ0) is 15.1. The second kappa shape index (κ2) is 5.12. The van der Waals surface area contributed by atoms with Crippen molar-refractivity contribution in [2.45, 2.75) is 53.5 Å². The summed E-state index contributed by atoms with van der Waals surface area (Å²) in [7, 11) is 0. The number of phenolic OH excluding ortho intramolecular Hbond substituents is 1. The molecule has 0 bridgehead atoms. The minimum absolute atomic E-state index is 0.0704. The van der Waals surface area contributed by atoms with Crippen molar-refractivity contribution in [3.05, 3.63) is 28.8 Å². The average molecular weight is 275 g/mol. The van der Waals surface area contributed by atoms with E-state index >= 15 is 0 Å². The molecule has 2 rings (SSSR count). The highest BCUT2D eigenvalue weighted by atomic mass is 16.5. The molecule has 1 aliphatic rings. The Labute approximate surface area is 121 Å². The minimum atomic E-state index is 0.0704. The van der Waals surface area contributed by atoms with Gasteiger partial charge in [-0.3, -0.25) is 0 Å². The number of ether oxygens (including phenoxy) is 1. The first-order chi connectivity index (χ1) is 9.21. The fourth-order valence-corrected chi connectivity index (χ4v) is 2.40. The van der Waals surface area contributed by atoms with Crippen LogP contribution >= 0.6 is 0 Å². The fraction of sp³-hybridized carbons (Fsp3) is 0.588. The van der Waals surface area contributed by atoms with Crippen LogP contribution in [0.4, 0.5) is 0 Å². The fourth-order valence-electron chi connectivity index (χ4n) is 2.40. The zero-order valence-electron chi connectivity index (χ0n) is 13.3. The number of aliphatic imine (C=N–C) groups is 1. The van der Waals surface area contributed by atoms with Crippen molar-refractivity contribution in [2.24, 2.45) is 10.4 Å². The third-order valence-corrected chi connectivity index (χ3v) is 3.90. The highest BCUT2D eigenvalue weighted by molar-refractivity contribution is 5.99. The van der Waals surface area contributed by atoms with Gasteiger partial charge in [-0.1, -0.05) is 46.8 Å². The van der Waals surface area contributed by atoms with Crippen molar-refractivity contribution >= 4 is 5.90 Å². The summed E-state index contributed by atoms with van der Waals surface area (Å²) in [5.41, 5.74) is 2.76. The minimum Gasteiger partial charge on any atom is -0.507 e. The molecule has 1 N–H and O–H groups in total. The predicted molar refractivity (Wildman–Crippen MR) is 82.7 cm³/mol. The van der Waals surface area contributed by atoms with Gasteiger partial charge in [0.2, 0.25) is 5.90 Å². The monoisotopic (exact) mass is 275 g/mol. The molecule has 0 saturated heterocycles. The molecule has 0 spiro atoms. The van der Waals surface area contributed by atoms with Crippen molar-refractivity contribution in [1.82, 2.24) is 0 Å². The van der Waals surface area contributed by atoms with Gasteiger partial charge in [0.15, 0.2) is 0 Å². The van der Waals surface area contributed by atoms with E-state index in [4.69, 9.17) is 4.74 Å². The standard InChI is InChI=1S/C17H25NO2/c1-10(2)12-8-7-11(3)14(15(12)19)16-18-13(9-20-16)17(4,5)6/h7-8,10,13,19H,9H2,1-6H3. The van der Waals surface area contributed by atoms with Crippen LogP contribution in [0.3, 0.4) is 0 Å². The van der Waals surface area contributed by atoms with Gasteiger partial charge in [0.25, 0.3) is 0 Å². The molecule has 20 heavy (non-hydrogen) atoms. The Morgan fingerprint density at radius 1 is 1.30 bits per heavy atom. The van der Waals surface area contributed by atoms with Gasteiger partial charge < -0.3 is 9.84 Å². The molecule has 3 nitrogen and oxygen atoms in total. The highest BCUT2D eigenvalue weighted by Crippen LogP contribution is 2.35. The number of nitrogens with zero attached hydrogens (tertiary/aromatic N) is 1. The molecule has 0 fully saturated rings. The highest BCUT2D eigenvalue weighted by Gasteiger charge is 2.32. The van der Waals surface area contributed by atoms with E-state index in [9.17, 15) is 5.11 Å². The molecule has 110 valence electrons. The van der Waals surface area contributed by atoms with Crippen molar-refractivity contribution < 1.29 is 9.84 Å². The number of aromatic hydroxyl groups is 1. The number of phenols is 1. The molecule has 0 amide bonds. The Balaban J connectivity index is 2.46. The van der Waals surface area contributed by atoms with Gasteiger partial charge in [0.05, 0.1) is 11.6 Å². The Bertz CT molecular complexity index is 539. The van der Waals surface area contributed by atoms with E-state index in [2.05, 4.69) is 39.6 Å². The Kier molecular flexibility index (Phi) is 3.81. The zero-order valence-corrected chi connectivity index (χ0v) is 13.3. The average Bonchev–Trinajstić information content (AvgIpc) is 2.77. The van der Waals surface area contributed by atoms with Crippen LogP contribution in [0.5, 0.6) is 5.75 Å². The maximum atomic E-state index is 10.5. The number of benzene rings is 1. The maximum absolute atomic E-state index is 10.5. The Morgan fingerprint density at radius 2 is 1.95 bits per heavy atom. The largest absolute Gasteiger partial charge is 0.507 e. The molecule has 3 heteroatoms. The molecule has 0 aromatic heterocycles. The Hall–Kier alpha value is -1.51. The van der Waals surface area contributed by atoms with E-state index in [0.29, 0.717) is 18.3 Å². The first-order valence-corrected chi connectivity index (χ1v) is 7.25. The maximum Gasteiger partial charge on any atom is 0.220 e. The molecule has 1 heterocycles. The molecule has 1 atom stereocenters. The van der Waals surface area contributed by atoms with Gasteiger partial charge in [-0.15, -0.1) is 0 Å². The molecular formula is C17H25NO2. The summed E-state index contributed by atoms with van der Waals surface area (Å²) in [6.07, 6.45) is 0. The summed E-state index contributed by atoms with van der Waals surface area (Å²) in [4.78, 5) is 4.69. The normalized spacial score (nSPS) is 19.1. The van der Waals surface area contributed by atoms with Crippen LogP contribution in [0.1, 0.15) is 57.2 Å². The van der Waals surface area contributed by atoms with Gasteiger partial charge >= 0.3 is 0 Å². The predicted octanol–water partition coefficient (Wildman–Crippen LogP) is 4.02. The van der Waals surface area contributed by atoms with Crippen LogP contribution in [0.2, 0.25) is 0 Å². The summed E-state index contributed by atoms with van der Waals surface area (Å²) in [5, 5.41) is 10.5. The van der Waals surface area contributed by atoms with Gasteiger partial charge in [0.1, 0.15) is 12.4 Å². The Morgan fingerprint density at radius 3 is 2.45 bits per heavy atom. The number of rotatable bonds is 2. The van der Waals surface area contributed by atoms with E-state index in [1.54, 1.807) is 0 Å². The van der Waals surface area contributed by atoms with E-state index in [1.165, 1.54) is 0 Å². The van der Waals surface area contributed by atoms with E-state index < -0.39 is 0 Å². The first-order valence-electron chi connectivity index (χ1n) is 7.25. The SMILES string of the molecule is Cc1ccc(C(C)C)c(O)c1C1=NC(C(C)(C)C)CO1. The van der Waals surface area contributed by atoms with E-state index in [0.717, 1.165) is 16.7 Å². The topological polar surface area (TPSA) is 41.8 Å². The quantitative estimate of drug-likeness (QED) is 0.886. The molecule has 1 unspecified atom stereocenters. The van der Waals surface area contributed by atoms with Crippen LogP contribution in [0, 0.1) is 12.3 Å². The smallest absolute Gasteiger partial charge is 0.220 e. The molecule has 1 aromatic rings. The molecule has 1 aliphatic heterocycles. The van der Waals surface area contributed by atoms with Gasteiger partial charge in [0, 0.05) is 0 Å². The van der Waals surface area contributed by atoms with Gasteiger partial charge in [-0.2, -0.15) is 0 Å². The summed E-state index contributed by atoms with van der Waals surface area (Å²) in [6.45, 7) is 13.2.